The predicted octanol–water partition coefficient (Wildman–Crippen LogP) is 2.14. The van der Waals surface area contributed by atoms with Crippen molar-refractivity contribution in [3.63, 3.8) is 0 Å². The van der Waals surface area contributed by atoms with Gasteiger partial charge in [-0.05, 0) is 12.1 Å². The number of carbonyl (C=O) groups excluding carboxylic acids is 1. The molecular formula is C8H6ClNOS. The summed E-state index contributed by atoms with van der Waals surface area (Å²) >= 11 is 9.89. The van der Waals surface area contributed by atoms with Crippen molar-refractivity contribution >= 4 is 30.3 Å². The van der Waals surface area contributed by atoms with Crippen LogP contribution in [0.15, 0.2) is 18.2 Å². The number of rotatable bonds is 0. The van der Waals surface area contributed by atoms with E-state index in [4.69, 9.17) is 11.6 Å². The number of fused-ring (bicyclic) bond motifs is 1. The quantitative estimate of drug-likeness (QED) is 0.635. The summed E-state index contributed by atoms with van der Waals surface area (Å²) < 4.78 is 1.36. The molecule has 2 nitrogen and oxygen atoms in total. The fourth-order valence-corrected chi connectivity index (χ4v) is 1.76. The maximum Gasteiger partial charge on any atom is 0.264 e. The van der Waals surface area contributed by atoms with Crippen molar-refractivity contribution in [2.24, 2.45) is 0 Å². The van der Waals surface area contributed by atoms with Gasteiger partial charge in [0, 0.05) is 16.1 Å². The average Bonchev–Trinajstić information content (AvgIpc) is 2.32. The first kappa shape index (κ1) is 7.95. The van der Waals surface area contributed by atoms with E-state index in [9.17, 15) is 4.79 Å². The summed E-state index contributed by atoms with van der Waals surface area (Å²) in [7, 11) is 0. The normalized spacial score (nSPS) is 15.2. The van der Waals surface area contributed by atoms with E-state index < -0.39 is 0 Å². The molecule has 2 rings (SSSR count). The van der Waals surface area contributed by atoms with Crippen molar-refractivity contribution in [1.29, 1.82) is 0 Å². The van der Waals surface area contributed by atoms with E-state index in [1.165, 1.54) is 4.31 Å². The zero-order valence-corrected chi connectivity index (χ0v) is 7.77. The highest BCUT2D eigenvalue weighted by molar-refractivity contribution is 7.78. The number of benzene rings is 1. The molecule has 0 N–H and O–H groups in total. The Balaban J connectivity index is 2.61. The predicted molar refractivity (Wildman–Crippen MR) is 50.3 cm³/mol. The van der Waals surface area contributed by atoms with Crippen LogP contribution in [0.25, 0.3) is 0 Å². The molecule has 12 heavy (non-hydrogen) atoms. The molecule has 0 radical (unpaired) electrons. The van der Waals surface area contributed by atoms with Gasteiger partial charge in [-0.1, -0.05) is 30.5 Å². The molecule has 0 aromatic heterocycles. The van der Waals surface area contributed by atoms with Crippen LogP contribution in [0.5, 0.6) is 0 Å². The van der Waals surface area contributed by atoms with Crippen LogP contribution in [0, 0.1) is 0 Å². The third-order valence-corrected chi connectivity index (χ3v) is 2.57. The van der Waals surface area contributed by atoms with Gasteiger partial charge in [0.1, 0.15) is 0 Å². The van der Waals surface area contributed by atoms with E-state index in [1.807, 2.05) is 0 Å². The average molecular weight is 200 g/mol. The Morgan fingerprint density at radius 3 is 2.92 bits per heavy atom. The van der Waals surface area contributed by atoms with Crippen molar-refractivity contribution in [2.75, 3.05) is 0 Å². The Morgan fingerprint density at radius 2 is 2.25 bits per heavy atom. The summed E-state index contributed by atoms with van der Waals surface area (Å²) in [4.78, 5) is 11.3. The van der Waals surface area contributed by atoms with Crippen LogP contribution in [-0.2, 0) is 6.54 Å². The molecule has 62 valence electrons. The van der Waals surface area contributed by atoms with Crippen molar-refractivity contribution in [2.45, 2.75) is 6.54 Å². The number of hydrogen-bond donors (Lipinski definition) is 1. The number of amides is 1. The largest absolute Gasteiger partial charge is 0.281 e. The minimum atomic E-state index is -0.0733. The molecule has 1 aliphatic heterocycles. The second kappa shape index (κ2) is 2.68. The summed E-state index contributed by atoms with van der Waals surface area (Å²) in [6.45, 7) is 0.497. The molecule has 1 heterocycles. The van der Waals surface area contributed by atoms with Gasteiger partial charge in [0.05, 0.1) is 6.54 Å². The first-order valence-corrected chi connectivity index (χ1v) is 4.26. The van der Waals surface area contributed by atoms with Gasteiger partial charge in [0.15, 0.2) is 0 Å². The highest BCUT2D eigenvalue weighted by atomic mass is 35.5. The van der Waals surface area contributed by atoms with Crippen LogP contribution in [0.2, 0.25) is 5.02 Å². The Labute approximate surface area is 80.7 Å². The number of thiol groups is 1. The first-order chi connectivity index (χ1) is 5.70. The summed E-state index contributed by atoms with van der Waals surface area (Å²) in [6, 6.07) is 5.31. The molecule has 1 aromatic carbocycles. The van der Waals surface area contributed by atoms with E-state index in [0.29, 0.717) is 17.1 Å². The lowest BCUT2D eigenvalue weighted by molar-refractivity contribution is 0.0891. The van der Waals surface area contributed by atoms with Gasteiger partial charge in [0.25, 0.3) is 5.91 Å². The SMILES string of the molecule is O=C1c2cccc(Cl)c2CN1S. The zero-order valence-electron chi connectivity index (χ0n) is 6.12. The Morgan fingerprint density at radius 1 is 1.50 bits per heavy atom. The minimum Gasteiger partial charge on any atom is -0.281 e. The van der Waals surface area contributed by atoms with Crippen molar-refractivity contribution in [3.05, 3.63) is 34.3 Å². The molecule has 0 spiro atoms. The Hall–Kier alpha value is -0.670. The van der Waals surface area contributed by atoms with Gasteiger partial charge in [0.2, 0.25) is 0 Å². The zero-order chi connectivity index (χ0) is 8.72. The van der Waals surface area contributed by atoms with E-state index in [1.54, 1.807) is 18.2 Å². The maximum absolute atomic E-state index is 11.3. The van der Waals surface area contributed by atoms with Crippen LogP contribution < -0.4 is 0 Å². The third kappa shape index (κ3) is 1.01. The monoisotopic (exact) mass is 199 g/mol. The Kier molecular flexibility index (Phi) is 1.77. The van der Waals surface area contributed by atoms with E-state index in [-0.39, 0.29) is 5.91 Å². The summed E-state index contributed by atoms with van der Waals surface area (Å²) in [5, 5.41) is 0.636. The second-order valence-electron chi connectivity index (χ2n) is 2.63. The van der Waals surface area contributed by atoms with Gasteiger partial charge in [-0.25, -0.2) is 0 Å². The smallest absolute Gasteiger partial charge is 0.264 e. The molecule has 1 aromatic rings. The van der Waals surface area contributed by atoms with Crippen molar-refractivity contribution < 1.29 is 4.79 Å². The van der Waals surface area contributed by atoms with Crippen LogP contribution in [-0.4, -0.2) is 10.2 Å². The molecule has 0 saturated carbocycles. The standard InChI is InChI=1S/C8H6ClNOS/c9-7-3-1-2-5-6(7)4-10(12)8(5)11/h1-3,12H,4H2. The molecule has 0 atom stereocenters. The van der Waals surface area contributed by atoms with Crippen molar-refractivity contribution in [3.8, 4) is 0 Å². The summed E-state index contributed by atoms with van der Waals surface area (Å²) in [5.41, 5.74) is 1.54. The van der Waals surface area contributed by atoms with Crippen LogP contribution in [0.1, 0.15) is 15.9 Å². The van der Waals surface area contributed by atoms with E-state index in [2.05, 4.69) is 12.8 Å². The topological polar surface area (TPSA) is 20.3 Å². The molecular weight excluding hydrogens is 194 g/mol. The summed E-state index contributed by atoms with van der Waals surface area (Å²) in [6.07, 6.45) is 0. The van der Waals surface area contributed by atoms with Crippen LogP contribution >= 0.6 is 24.4 Å². The lowest BCUT2D eigenvalue weighted by Gasteiger charge is -2.02. The molecule has 0 aliphatic carbocycles. The van der Waals surface area contributed by atoms with Gasteiger partial charge in [-0.3, -0.25) is 9.10 Å². The molecule has 0 fully saturated rings. The van der Waals surface area contributed by atoms with Crippen LogP contribution in [0.3, 0.4) is 0 Å². The lowest BCUT2D eigenvalue weighted by Crippen LogP contribution is -2.10. The minimum absolute atomic E-state index is 0.0733. The molecule has 1 aliphatic rings. The molecule has 1 amide bonds. The highest BCUT2D eigenvalue weighted by Crippen LogP contribution is 2.29. The fraction of sp³-hybridized carbons (Fsp3) is 0.125. The van der Waals surface area contributed by atoms with Crippen molar-refractivity contribution in [1.82, 2.24) is 4.31 Å². The molecule has 0 unspecified atom stereocenters. The van der Waals surface area contributed by atoms with Crippen LogP contribution in [0.4, 0.5) is 0 Å². The first-order valence-electron chi connectivity index (χ1n) is 3.48. The van der Waals surface area contributed by atoms with Gasteiger partial charge in [-0.15, -0.1) is 0 Å². The molecule has 0 saturated heterocycles. The number of nitrogens with zero attached hydrogens (tertiary/aromatic N) is 1. The van der Waals surface area contributed by atoms with Gasteiger partial charge < -0.3 is 0 Å². The second-order valence-corrected chi connectivity index (χ2v) is 3.52. The van der Waals surface area contributed by atoms with Gasteiger partial charge >= 0.3 is 0 Å². The number of carbonyl (C=O) groups is 1. The lowest BCUT2D eigenvalue weighted by atomic mass is 10.1. The third-order valence-electron chi connectivity index (χ3n) is 1.89. The molecule has 0 bridgehead atoms. The Bertz CT molecular complexity index is 353. The van der Waals surface area contributed by atoms with E-state index in [0.717, 1.165) is 5.56 Å². The highest BCUT2D eigenvalue weighted by Gasteiger charge is 2.26. The van der Waals surface area contributed by atoms with E-state index >= 15 is 0 Å². The molecule has 4 heteroatoms. The number of halogens is 1. The maximum atomic E-state index is 11.3. The fourth-order valence-electron chi connectivity index (χ4n) is 1.28. The number of hydrogen-bond acceptors (Lipinski definition) is 2. The van der Waals surface area contributed by atoms with Gasteiger partial charge in [-0.2, -0.15) is 0 Å². The summed E-state index contributed by atoms with van der Waals surface area (Å²) in [5.74, 6) is -0.0733.